The van der Waals surface area contributed by atoms with Crippen LogP contribution in [0.25, 0.3) is 22.4 Å². The average molecular weight is 458 g/mol. The van der Waals surface area contributed by atoms with E-state index in [1.807, 2.05) is 0 Å². The number of aromatic nitrogens is 5. The van der Waals surface area contributed by atoms with Crippen LogP contribution in [0.15, 0.2) is 59.7 Å². The molecule has 34 heavy (non-hydrogen) atoms. The van der Waals surface area contributed by atoms with Gasteiger partial charge in [-0.1, -0.05) is 24.3 Å². The third-order valence-electron chi connectivity index (χ3n) is 6.89. The molecule has 0 aliphatic heterocycles. The predicted molar refractivity (Wildman–Crippen MR) is 127 cm³/mol. The first-order valence-corrected chi connectivity index (χ1v) is 11.2. The summed E-state index contributed by atoms with van der Waals surface area (Å²) in [5, 5.41) is 4.32. The number of hydrogen-bond donors (Lipinski definition) is 2. The van der Waals surface area contributed by atoms with Gasteiger partial charge in [-0.05, 0) is 50.7 Å². The van der Waals surface area contributed by atoms with Crippen LogP contribution in [0.2, 0.25) is 0 Å². The van der Waals surface area contributed by atoms with Gasteiger partial charge in [-0.25, -0.2) is 15.0 Å². The summed E-state index contributed by atoms with van der Waals surface area (Å²) in [5.41, 5.74) is 14.3. The molecule has 1 unspecified atom stereocenters. The van der Waals surface area contributed by atoms with Crippen molar-refractivity contribution in [3.8, 4) is 22.4 Å². The van der Waals surface area contributed by atoms with Crippen molar-refractivity contribution in [1.29, 1.82) is 0 Å². The average Bonchev–Trinajstić information content (AvgIpc) is 3.35. The molecule has 0 spiro atoms. The maximum absolute atomic E-state index is 11.8. The maximum atomic E-state index is 11.8. The first-order chi connectivity index (χ1) is 16.2. The van der Waals surface area contributed by atoms with Gasteiger partial charge in [-0.3, -0.25) is 9.48 Å². The predicted octanol–water partition coefficient (Wildman–Crippen LogP) is 3.51. The number of hydrogen-bond acceptors (Lipinski definition) is 7. The molecular weight excluding hydrogens is 430 g/mol. The lowest BCUT2D eigenvalue weighted by Crippen LogP contribution is -2.41. The van der Waals surface area contributed by atoms with E-state index >= 15 is 0 Å². The van der Waals surface area contributed by atoms with Crippen molar-refractivity contribution in [2.75, 3.05) is 5.73 Å². The lowest BCUT2D eigenvalue weighted by atomic mass is 9.77. The van der Waals surface area contributed by atoms with Gasteiger partial charge in [0.05, 0.1) is 11.6 Å². The SMILES string of the molecule is CC(c1ccc(-c2cnc(N)nc2)cc1)(c1nc(-c2cnn(C(C)(C)C(N)=O)c2)co1)C1CC1. The molecule has 4 N–H and O–H groups in total. The molecule has 174 valence electrons. The van der Waals surface area contributed by atoms with Crippen LogP contribution in [0, 0.1) is 5.92 Å². The molecule has 1 aromatic carbocycles. The molecule has 5 rings (SSSR count). The minimum Gasteiger partial charge on any atom is -0.447 e. The monoisotopic (exact) mass is 457 g/mol. The Balaban J connectivity index is 1.46. The summed E-state index contributed by atoms with van der Waals surface area (Å²) in [6.07, 6.45) is 10.8. The summed E-state index contributed by atoms with van der Waals surface area (Å²) >= 11 is 0. The van der Waals surface area contributed by atoms with Gasteiger partial charge in [-0.2, -0.15) is 5.10 Å². The molecule has 9 heteroatoms. The Hall–Kier alpha value is -4.01. The normalized spacial score (nSPS) is 15.7. The first kappa shape index (κ1) is 21.8. The zero-order valence-corrected chi connectivity index (χ0v) is 19.4. The molecule has 1 aliphatic rings. The molecule has 9 nitrogen and oxygen atoms in total. The second-order valence-electron chi connectivity index (χ2n) is 9.52. The quantitative estimate of drug-likeness (QED) is 0.433. The van der Waals surface area contributed by atoms with Crippen LogP contribution < -0.4 is 11.5 Å². The Kier molecular flexibility index (Phi) is 5.00. The summed E-state index contributed by atoms with van der Waals surface area (Å²) in [7, 11) is 0. The number of carbonyl (C=O) groups is 1. The summed E-state index contributed by atoms with van der Waals surface area (Å²) < 4.78 is 7.59. The van der Waals surface area contributed by atoms with Gasteiger partial charge >= 0.3 is 0 Å². The van der Waals surface area contributed by atoms with E-state index in [-0.39, 0.29) is 11.4 Å². The highest BCUT2D eigenvalue weighted by Crippen LogP contribution is 2.51. The molecule has 1 aliphatic carbocycles. The number of amides is 1. The smallest absolute Gasteiger partial charge is 0.244 e. The Labute approximate surface area is 197 Å². The molecular formula is C25H27N7O2. The number of oxazole rings is 1. The molecule has 1 atom stereocenters. The van der Waals surface area contributed by atoms with Crippen molar-refractivity contribution in [3.05, 3.63) is 66.8 Å². The van der Waals surface area contributed by atoms with Crippen molar-refractivity contribution < 1.29 is 9.21 Å². The number of anilines is 1. The van der Waals surface area contributed by atoms with Crippen LogP contribution in [0.5, 0.6) is 0 Å². The van der Waals surface area contributed by atoms with Gasteiger partial charge in [0.1, 0.15) is 17.5 Å². The lowest BCUT2D eigenvalue weighted by molar-refractivity contribution is -0.125. The van der Waals surface area contributed by atoms with Crippen LogP contribution in [-0.2, 0) is 15.7 Å². The van der Waals surface area contributed by atoms with Gasteiger partial charge in [0.2, 0.25) is 17.7 Å². The summed E-state index contributed by atoms with van der Waals surface area (Å²) in [5.74, 6) is 0.903. The number of nitrogen functional groups attached to an aromatic ring is 1. The van der Waals surface area contributed by atoms with Crippen LogP contribution in [0.3, 0.4) is 0 Å². The van der Waals surface area contributed by atoms with Crippen LogP contribution >= 0.6 is 0 Å². The largest absolute Gasteiger partial charge is 0.447 e. The van der Waals surface area contributed by atoms with Gasteiger partial charge in [0.15, 0.2) is 0 Å². The van der Waals surface area contributed by atoms with Crippen LogP contribution in [0.1, 0.15) is 45.1 Å². The van der Waals surface area contributed by atoms with E-state index in [4.69, 9.17) is 20.9 Å². The number of benzene rings is 1. The zero-order valence-electron chi connectivity index (χ0n) is 19.4. The van der Waals surface area contributed by atoms with Crippen molar-refractivity contribution in [2.45, 2.75) is 44.6 Å². The fourth-order valence-corrected chi connectivity index (χ4v) is 4.21. The minimum atomic E-state index is -0.940. The van der Waals surface area contributed by atoms with Gasteiger partial charge in [0.25, 0.3) is 0 Å². The van der Waals surface area contributed by atoms with Crippen molar-refractivity contribution in [2.24, 2.45) is 11.7 Å². The maximum Gasteiger partial charge on any atom is 0.244 e. The van der Waals surface area contributed by atoms with E-state index in [0.717, 1.165) is 35.1 Å². The highest BCUT2D eigenvalue weighted by Gasteiger charge is 2.47. The fraction of sp³-hybridized carbons (Fsp3) is 0.320. The van der Waals surface area contributed by atoms with E-state index in [2.05, 4.69) is 46.3 Å². The Morgan fingerprint density at radius 1 is 1.03 bits per heavy atom. The molecule has 1 saturated carbocycles. The summed E-state index contributed by atoms with van der Waals surface area (Å²) in [4.78, 5) is 24.8. The van der Waals surface area contributed by atoms with Crippen molar-refractivity contribution in [3.63, 3.8) is 0 Å². The third-order valence-corrected chi connectivity index (χ3v) is 6.89. The van der Waals surface area contributed by atoms with Crippen LogP contribution in [-0.4, -0.2) is 30.6 Å². The van der Waals surface area contributed by atoms with Crippen molar-refractivity contribution in [1.82, 2.24) is 24.7 Å². The summed E-state index contributed by atoms with van der Waals surface area (Å²) in [6, 6.07) is 8.35. The topological polar surface area (TPSA) is 139 Å². The summed E-state index contributed by atoms with van der Waals surface area (Å²) in [6.45, 7) is 5.64. The lowest BCUT2D eigenvalue weighted by Gasteiger charge is -2.27. The van der Waals surface area contributed by atoms with E-state index in [1.165, 1.54) is 0 Å². The second-order valence-corrected chi connectivity index (χ2v) is 9.52. The standard InChI is InChI=1S/C25H27N7O2/c1-24(2,21(26)33)32-13-17(12-30-32)20-14-34-22(31-20)25(3,19-8-9-19)18-6-4-15(5-7-18)16-10-28-23(27)29-11-16/h4-7,10-14,19H,8-9H2,1-3H3,(H2,26,33)(H2,27,28,29). The number of carbonyl (C=O) groups excluding carboxylic acids is 1. The molecule has 0 saturated heterocycles. The van der Waals surface area contributed by atoms with Crippen LogP contribution in [0.4, 0.5) is 5.95 Å². The number of rotatable bonds is 7. The molecule has 3 heterocycles. The Bertz CT molecular complexity index is 1330. The van der Waals surface area contributed by atoms with Gasteiger partial charge in [-0.15, -0.1) is 0 Å². The number of nitrogens with two attached hydrogens (primary N) is 2. The number of nitrogens with zero attached hydrogens (tertiary/aromatic N) is 5. The molecule has 1 amide bonds. The molecule has 4 aromatic rings. The van der Waals surface area contributed by atoms with Gasteiger partial charge < -0.3 is 15.9 Å². The molecule has 0 bridgehead atoms. The number of primary amides is 1. The third kappa shape index (κ3) is 3.63. The molecule has 3 aromatic heterocycles. The second kappa shape index (κ2) is 7.79. The minimum absolute atomic E-state index is 0.255. The zero-order chi connectivity index (χ0) is 24.1. The molecule has 1 fully saturated rings. The molecule has 0 radical (unpaired) electrons. The highest BCUT2D eigenvalue weighted by atomic mass is 16.3. The Morgan fingerprint density at radius 3 is 2.32 bits per heavy atom. The van der Waals surface area contributed by atoms with E-state index in [0.29, 0.717) is 17.5 Å². The first-order valence-electron chi connectivity index (χ1n) is 11.2. The van der Waals surface area contributed by atoms with E-state index in [9.17, 15) is 4.79 Å². The van der Waals surface area contributed by atoms with Crippen molar-refractivity contribution >= 4 is 11.9 Å². The van der Waals surface area contributed by atoms with Gasteiger partial charge in [0, 0.05) is 29.7 Å². The fourth-order valence-electron chi connectivity index (χ4n) is 4.21. The van der Waals surface area contributed by atoms with E-state index < -0.39 is 11.4 Å². The van der Waals surface area contributed by atoms with E-state index in [1.54, 1.807) is 49.6 Å². The Morgan fingerprint density at radius 2 is 1.71 bits per heavy atom. The highest BCUT2D eigenvalue weighted by molar-refractivity contribution is 5.81.